The van der Waals surface area contributed by atoms with Crippen molar-refractivity contribution in [2.45, 2.75) is 43.9 Å². The van der Waals surface area contributed by atoms with Gasteiger partial charge in [-0.05, 0) is 61.6 Å². The molecule has 0 radical (unpaired) electrons. The summed E-state index contributed by atoms with van der Waals surface area (Å²) in [5.74, 6) is 0.535. The van der Waals surface area contributed by atoms with Crippen molar-refractivity contribution in [3.63, 3.8) is 0 Å². The molecule has 0 aromatic heterocycles. The first kappa shape index (κ1) is 16.9. The average Bonchev–Trinajstić information content (AvgIpc) is 2.97. The van der Waals surface area contributed by atoms with Gasteiger partial charge in [-0.2, -0.15) is 0 Å². The van der Waals surface area contributed by atoms with Crippen LogP contribution in [0.4, 0.5) is 4.39 Å². The molecule has 1 fully saturated rings. The van der Waals surface area contributed by atoms with Gasteiger partial charge in [0.15, 0.2) is 0 Å². The van der Waals surface area contributed by atoms with E-state index in [9.17, 15) is 9.50 Å². The van der Waals surface area contributed by atoms with Gasteiger partial charge in [-0.25, -0.2) is 4.39 Å². The molecule has 0 saturated carbocycles. The predicted octanol–water partition coefficient (Wildman–Crippen LogP) is 3.62. The minimum absolute atomic E-state index is 0.0601. The zero-order valence-electron chi connectivity index (χ0n) is 14.1. The van der Waals surface area contributed by atoms with Crippen LogP contribution in [0.1, 0.15) is 37.0 Å². The molecule has 3 nitrogen and oxygen atoms in total. The maximum atomic E-state index is 13.4. The number of halogens is 1. The molecule has 0 amide bonds. The fourth-order valence-corrected chi connectivity index (χ4v) is 3.56. The summed E-state index contributed by atoms with van der Waals surface area (Å²) >= 11 is 0. The largest absolute Gasteiger partial charge is 0.497 e. The van der Waals surface area contributed by atoms with Crippen LogP contribution in [0.3, 0.4) is 0 Å². The van der Waals surface area contributed by atoms with Gasteiger partial charge in [0.1, 0.15) is 11.6 Å². The van der Waals surface area contributed by atoms with Gasteiger partial charge in [-0.1, -0.05) is 24.3 Å². The van der Waals surface area contributed by atoms with E-state index in [1.807, 2.05) is 12.1 Å². The van der Waals surface area contributed by atoms with E-state index in [0.717, 1.165) is 25.0 Å². The van der Waals surface area contributed by atoms with Crippen LogP contribution in [-0.4, -0.2) is 23.8 Å². The number of rotatable bonds is 5. The second-order valence-corrected chi connectivity index (χ2v) is 6.87. The Morgan fingerprint density at radius 3 is 2.71 bits per heavy atom. The van der Waals surface area contributed by atoms with Crippen molar-refractivity contribution in [1.29, 1.82) is 0 Å². The summed E-state index contributed by atoms with van der Waals surface area (Å²) in [6.45, 7) is 2.18. The van der Waals surface area contributed by atoms with E-state index in [0.29, 0.717) is 5.56 Å². The third kappa shape index (κ3) is 3.77. The number of aliphatic hydroxyl groups is 1. The molecule has 128 valence electrons. The Morgan fingerprint density at radius 1 is 1.29 bits per heavy atom. The van der Waals surface area contributed by atoms with Gasteiger partial charge in [0.2, 0.25) is 0 Å². The number of nitrogens with one attached hydrogen (secondary N) is 1. The van der Waals surface area contributed by atoms with Crippen LogP contribution >= 0.6 is 0 Å². The summed E-state index contributed by atoms with van der Waals surface area (Å²) in [5.41, 5.74) is 1.78. The Kier molecular flexibility index (Phi) is 4.88. The van der Waals surface area contributed by atoms with Gasteiger partial charge in [0.25, 0.3) is 0 Å². The molecule has 3 atom stereocenters. The van der Waals surface area contributed by atoms with Gasteiger partial charge in [0, 0.05) is 11.6 Å². The van der Waals surface area contributed by atoms with Gasteiger partial charge in [0.05, 0.1) is 13.2 Å². The van der Waals surface area contributed by atoms with Crippen molar-refractivity contribution in [2.24, 2.45) is 0 Å². The SMILES string of the molecule is COc1ccc(C[C@@]2(C)CC[C@H]([C@H](O)c3cccc(F)c3)N2)cc1. The van der Waals surface area contributed by atoms with E-state index in [4.69, 9.17) is 4.74 Å². The van der Waals surface area contributed by atoms with Crippen LogP contribution in [0, 0.1) is 5.82 Å². The number of benzene rings is 2. The fourth-order valence-electron chi connectivity index (χ4n) is 3.56. The van der Waals surface area contributed by atoms with Crippen molar-refractivity contribution in [1.82, 2.24) is 5.32 Å². The van der Waals surface area contributed by atoms with Crippen molar-refractivity contribution >= 4 is 0 Å². The van der Waals surface area contributed by atoms with Crippen LogP contribution < -0.4 is 10.1 Å². The Balaban J connectivity index is 1.66. The van der Waals surface area contributed by atoms with E-state index < -0.39 is 6.10 Å². The van der Waals surface area contributed by atoms with Crippen LogP contribution in [0.15, 0.2) is 48.5 Å². The van der Waals surface area contributed by atoms with E-state index in [-0.39, 0.29) is 17.4 Å². The Labute approximate surface area is 142 Å². The molecule has 1 saturated heterocycles. The summed E-state index contributed by atoms with van der Waals surface area (Å²) in [7, 11) is 1.66. The summed E-state index contributed by atoms with van der Waals surface area (Å²) in [5, 5.41) is 14.1. The first-order chi connectivity index (χ1) is 11.5. The first-order valence-electron chi connectivity index (χ1n) is 8.33. The van der Waals surface area contributed by atoms with E-state index in [2.05, 4.69) is 24.4 Å². The monoisotopic (exact) mass is 329 g/mol. The molecular weight excluding hydrogens is 305 g/mol. The molecule has 3 rings (SSSR count). The highest BCUT2D eigenvalue weighted by molar-refractivity contribution is 5.29. The molecule has 24 heavy (non-hydrogen) atoms. The third-order valence-electron chi connectivity index (χ3n) is 4.87. The van der Waals surface area contributed by atoms with Crippen molar-refractivity contribution in [3.8, 4) is 5.75 Å². The zero-order chi connectivity index (χ0) is 17.2. The Hall–Kier alpha value is -1.91. The van der Waals surface area contributed by atoms with E-state index in [1.54, 1.807) is 19.2 Å². The van der Waals surface area contributed by atoms with Gasteiger partial charge < -0.3 is 15.2 Å². The summed E-state index contributed by atoms with van der Waals surface area (Å²) in [6.07, 6.45) is 2.02. The summed E-state index contributed by atoms with van der Waals surface area (Å²) < 4.78 is 18.6. The molecule has 4 heteroatoms. The standard InChI is InChI=1S/C20H24FNO2/c1-20(13-14-6-8-17(24-2)9-7-14)11-10-18(22-20)19(23)15-4-3-5-16(21)12-15/h3-9,12,18-19,22-23H,10-11,13H2,1-2H3/t18-,19-,20-/m1/s1. The van der Waals surface area contributed by atoms with Crippen LogP contribution in [0.25, 0.3) is 0 Å². The van der Waals surface area contributed by atoms with Gasteiger partial charge >= 0.3 is 0 Å². The zero-order valence-corrected chi connectivity index (χ0v) is 14.1. The van der Waals surface area contributed by atoms with Crippen molar-refractivity contribution in [2.75, 3.05) is 7.11 Å². The molecule has 2 aromatic carbocycles. The molecule has 0 unspecified atom stereocenters. The molecule has 2 aromatic rings. The number of methoxy groups -OCH3 is 1. The molecule has 1 heterocycles. The minimum atomic E-state index is -0.696. The average molecular weight is 329 g/mol. The highest BCUT2D eigenvalue weighted by atomic mass is 19.1. The van der Waals surface area contributed by atoms with Crippen LogP contribution in [0.2, 0.25) is 0 Å². The number of hydrogen-bond donors (Lipinski definition) is 2. The molecular formula is C20H24FNO2. The van der Waals surface area contributed by atoms with Crippen molar-refractivity contribution < 1.29 is 14.2 Å². The molecule has 0 bridgehead atoms. The number of ether oxygens (including phenoxy) is 1. The molecule has 0 spiro atoms. The second-order valence-electron chi connectivity index (χ2n) is 6.87. The minimum Gasteiger partial charge on any atom is -0.497 e. The first-order valence-corrected chi connectivity index (χ1v) is 8.33. The topological polar surface area (TPSA) is 41.5 Å². The highest BCUT2D eigenvalue weighted by Gasteiger charge is 2.37. The normalized spacial score (nSPS) is 24.8. The van der Waals surface area contributed by atoms with Crippen LogP contribution in [0.5, 0.6) is 5.75 Å². The third-order valence-corrected chi connectivity index (χ3v) is 4.87. The maximum absolute atomic E-state index is 13.4. The van der Waals surface area contributed by atoms with Crippen molar-refractivity contribution in [3.05, 3.63) is 65.5 Å². The predicted molar refractivity (Wildman–Crippen MR) is 92.6 cm³/mol. The molecule has 2 N–H and O–H groups in total. The van der Waals surface area contributed by atoms with E-state index >= 15 is 0 Å². The lowest BCUT2D eigenvalue weighted by Gasteiger charge is -2.28. The number of aliphatic hydroxyl groups excluding tert-OH is 1. The second kappa shape index (κ2) is 6.91. The van der Waals surface area contributed by atoms with E-state index in [1.165, 1.54) is 17.7 Å². The smallest absolute Gasteiger partial charge is 0.123 e. The fraction of sp³-hybridized carbons (Fsp3) is 0.400. The highest BCUT2D eigenvalue weighted by Crippen LogP contribution is 2.33. The van der Waals surface area contributed by atoms with Crippen LogP contribution in [-0.2, 0) is 6.42 Å². The summed E-state index contributed by atoms with van der Waals surface area (Å²) in [6, 6.07) is 14.2. The quantitative estimate of drug-likeness (QED) is 0.880. The molecule has 0 aliphatic carbocycles. The maximum Gasteiger partial charge on any atom is 0.123 e. The van der Waals surface area contributed by atoms with Gasteiger partial charge in [-0.15, -0.1) is 0 Å². The Morgan fingerprint density at radius 2 is 2.04 bits per heavy atom. The lowest BCUT2D eigenvalue weighted by molar-refractivity contribution is 0.130. The lowest BCUT2D eigenvalue weighted by atomic mass is 9.91. The molecule has 1 aliphatic heterocycles. The summed E-state index contributed by atoms with van der Waals surface area (Å²) in [4.78, 5) is 0. The Bertz CT molecular complexity index is 688. The molecule has 1 aliphatic rings. The lowest BCUT2D eigenvalue weighted by Crippen LogP contribution is -2.44. The van der Waals surface area contributed by atoms with Gasteiger partial charge in [-0.3, -0.25) is 0 Å². The number of hydrogen-bond acceptors (Lipinski definition) is 3.